The molecule has 0 unspecified atom stereocenters. The summed E-state index contributed by atoms with van der Waals surface area (Å²) in [4.78, 5) is 30.1. The summed E-state index contributed by atoms with van der Waals surface area (Å²) in [6.07, 6.45) is 11.1. The van der Waals surface area contributed by atoms with Crippen LogP contribution in [0, 0.1) is 0 Å². The molecule has 0 aliphatic carbocycles. The minimum Gasteiger partial charge on any atom is -0.478 e. The van der Waals surface area contributed by atoms with Gasteiger partial charge in [0.25, 0.3) is 0 Å². The van der Waals surface area contributed by atoms with Crippen LogP contribution in [0.15, 0.2) is 146 Å². The number of H-pyrrole nitrogens is 2. The highest BCUT2D eigenvalue weighted by Gasteiger charge is 2.20. The topological polar surface area (TPSA) is 94.7 Å². The van der Waals surface area contributed by atoms with Crippen LogP contribution in [-0.2, 0) is 4.79 Å². The Kier molecular flexibility index (Phi) is 8.02. The molecule has 0 amide bonds. The van der Waals surface area contributed by atoms with E-state index in [4.69, 9.17) is 9.97 Å². The Morgan fingerprint density at radius 2 is 0.849 bits per heavy atom. The van der Waals surface area contributed by atoms with E-state index in [0.29, 0.717) is 5.56 Å². The van der Waals surface area contributed by atoms with E-state index in [1.165, 1.54) is 6.08 Å². The lowest BCUT2D eigenvalue weighted by Gasteiger charge is -2.07. The van der Waals surface area contributed by atoms with Crippen molar-refractivity contribution >= 4 is 58.4 Å². The highest BCUT2D eigenvalue weighted by molar-refractivity contribution is 6.02. The number of aliphatic carboxylic acids is 1. The van der Waals surface area contributed by atoms with Crippen LogP contribution in [-0.4, -0.2) is 31.0 Å². The first-order valence-electron chi connectivity index (χ1n) is 17.4. The fourth-order valence-corrected chi connectivity index (χ4v) is 7.24. The number of hydrogen-bond acceptors (Lipinski definition) is 3. The van der Waals surface area contributed by atoms with Gasteiger partial charge < -0.3 is 15.1 Å². The maximum Gasteiger partial charge on any atom is 0.328 e. The molecule has 2 aliphatic heterocycles. The number of carboxylic acids is 1. The van der Waals surface area contributed by atoms with Crippen LogP contribution in [0.1, 0.15) is 28.3 Å². The normalized spacial score (nSPS) is 12.1. The average Bonchev–Trinajstić information content (AvgIpc) is 4.03. The highest BCUT2D eigenvalue weighted by atomic mass is 16.4. The number of aromatic amines is 2. The SMILES string of the molecule is O=C(O)/C=C/c1cc2[nH]c1c(-c1ccccc1)c1nc(c(-c3ccccc3)c3ccc([nH]3)c(-c3ccccc3)c3nc(c2-c2ccccc2)C=C3)C=C1. The predicted octanol–water partition coefficient (Wildman–Crippen LogP) is 11.4. The molecule has 0 spiro atoms. The average molecular weight is 685 g/mol. The van der Waals surface area contributed by atoms with Gasteiger partial charge in [-0.05, 0) is 70.8 Å². The van der Waals surface area contributed by atoms with Gasteiger partial charge in [-0.3, -0.25) is 0 Å². The Morgan fingerprint density at radius 3 is 1.26 bits per heavy atom. The van der Waals surface area contributed by atoms with Crippen molar-refractivity contribution in [2.45, 2.75) is 0 Å². The number of benzene rings is 4. The van der Waals surface area contributed by atoms with Crippen LogP contribution >= 0.6 is 0 Å². The Balaban J connectivity index is 1.52. The van der Waals surface area contributed by atoms with Crippen LogP contribution < -0.4 is 0 Å². The van der Waals surface area contributed by atoms with Gasteiger partial charge in [-0.2, -0.15) is 0 Å². The molecule has 3 aromatic heterocycles. The van der Waals surface area contributed by atoms with E-state index in [1.807, 2.05) is 84.9 Å². The maximum atomic E-state index is 11.9. The summed E-state index contributed by atoms with van der Waals surface area (Å²) in [5.41, 5.74) is 14.9. The smallest absolute Gasteiger partial charge is 0.328 e. The largest absolute Gasteiger partial charge is 0.478 e. The van der Waals surface area contributed by atoms with E-state index < -0.39 is 5.97 Å². The Bertz CT molecular complexity index is 2780. The van der Waals surface area contributed by atoms with Crippen LogP contribution in [0.2, 0.25) is 0 Å². The third kappa shape index (κ3) is 5.98. The number of carbonyl (C=O) groups is 1. The highest BCUT2D eigenvalue weighted by Crippen LogP contribution is 2.39. The molecule has 3 N–H and O–H groups in total. The second kappa shape index (κ2) is 13.4. The van der Waals surface area contributed by atoms with Crippen molar-refractivity contribution in [3.05, 3.63) is 174 Å². The summed E-state index contributed by atoms with van der Waals surface area (Å²) in [7, 11) is 0. The molecule has 0 saturated carbocycles. The maximum absolute atomic E-state index is 11.9. The van der Waals surface area contributed by atoms with Crippen molar-refractivity contribution in [2.75, 3.05) is 0 Å². The van der Waals surface area contributed by atoms with Gasteiger partial charge in [0.15, 0.2) is 0 Å². The Labute approximate surface area is 305 Å². The number of rotatable bonds is 6. The van der Waals surface area contributed by atoms with Crippen molar-refractivity contribution in [2.24, 2.45) is 0 Å². The zero-order valence-electron chi connectivity index (χ0n) is 28.5. The second-order valence-electron chi connectivity index (χ2n) is 12.9. The van der Waals surface area contributed by atoms with Gasteiger partial charge in [-0.25, -0.2) is 14.8 Å². The van der Waals surface area contributed by atoms with Gasteiger partial charge in [0.1, 0.15) is 0 Å². The third-order valence-corrected chi connectivity index (χ3v) is 9.55. The summed E-state index contributed by atoms with van der Waals surface area (Å²) < 4.78 is 0. The van der Waals surface area contributed by atoms with Crippen LogP contribution in [0.25, 0.3) is 97.0 Å². The standard InChI is InChI=1S/C47H32N4O2/c52-42(53)28-21-34-29-41-45(32-17-9-3-10-18-32)39-25-24-37(49-39)43(30-13-5-1-6-14-30)35-22-23-36(48-35)44(31-15-7-2-8-16-31)38-26-27-40(50-38)46(47(34)51-41)33-19-11-4-12-20-33/h1-29,48,51H,(H,52,53)/b28-21+,43-35?,43-37?,44-36?,44-38?,45-39?,45-41?,46-40?,47-46?. The Hall–Kier alpha value is -7.31. The van der Waals surface area contributed by atoms with Gasteiger partial charge in [-0.15, -0.1) is 0 Å². The lowest BCUT2D eigenvalue weighted by atomic mass is 10.0. The number of nitrogens with zero attached hydrogens (tertiary/aromatic N) is 2. The van der Waals surface area contributed by atoms with Crippen LogP contribution in [0.4, 0.5) is 0 Å². The summed E-state index contributed by atoms with van der Waals surface area (Å²) in [6.45, 7) is 0. The third-order valence-electron chi connectivity index (χ3n) is 9.55. The fourth-order valence-electron chi connectivity index (χ4n) is 7.24. The second-order valence-corrected chi connectivity index (χ2v) is 12.9. The molecule has 0 fully saturated rings. The fraction of sp³-hybridized carbons (Fsp3) is 0. The van der Waals surface area contributed by atoms with Crippen LogP contribution in [0.3, 0.4) is 0 Å². The molecule has 6 heteroatoms. The van der Waals surface area contributed by atoms with Gasteiger partial charge in [0.05, 0.1) is 28.3 Å². The van der Waals surface area contributed by atoms with Gasteiger partial charge >= 0.3 is 5.97 Å². The van der Waals surface area contributed by atoms with E-state index >= 15 is 0 Å². The molecule has 4 aromatic carbocycles. The molecule has 0 saturated heterocycles. The molecule has 0 atom stereocenters. The number of nitrogens with one attached hydrogen (secondary N) is 2. The van der Waals surface area contributed by atoms with E-state index in [9.17, 15) is 9.90 Å². The predicted molar refractivity (Wildman–Crippen MR) is 217 cm³/mol. The molecule has 6 nitrogen and oxygen atoms in total. The molecule has 7 aromatic rings. The Morgan fingerprint density at radius 1 is 0.472 bits per heavy atom. The lowest BCUT2D eigenvalue weighted by Crippen LogP contribution is -1.90. The summed E-state index contributed by atoms with van der Waals surface area (Å²) >= 11 is 0. The molecule has 252 valence electrons. The van der Waals surface area contributed by atoms with Crippen molar-refractivity contribution in [3.63, 3.8) is 0 Å². The first kappa shape index (κ1) is 31.7. The number of fused-ring (bicyclic) bond motifs is 8. The molecular formula is C47H32N4O2. The number of carboxylic acid groups (broad SMARTS) is 1. The number of aromatic nitrogens is 4. The summed E-state index contributed by atoms with van der Waals surface area (Å²) in [5.74, 6) is -1.03. The first-order chi connectivity index (χ1) is 26.1. The van der Waals surface area contributed by atoms with E-state index in [-0.39, 0.29) is 0 Å². The zero-order valence-corrected chi connectivity index (χ0v) is 28.5. The van der Waals surface area contributed by atoms with Crippen molar-refractivity contribution < 1.29 is 9.90 Å². The minimum atomic E-state index is -1.03. The first-order valence-corrected chi connectivity index (χ1v) is 17.4. The molecular weight excluding hydrogens is 653 g/mol. The minimum absolute atomic E-state index is 0.715. The molecule has 53 heavy (non-hydrogen) atoms. The van der Waals surface area contributed by atoms with E-state index in [2.05, 4.69) is 88.9 Å². The lowest BCUT2D eigenvalue weighted by molar-refractivity contribution is -0.131. The van der Waals surface area contributed by atoms with Crippen molar-refractivity contribution in [1.82, 2.24) is 19.9 Å². The van der Waals surface area contributed by atoms with Crippen molar-refractivity contribution in [1.29, 1.82) is 0 Å². The summed E-state index contributed by atoms with van der Waals surface area (Å²) in [5, 5.41) is 9.76. The molecule has 0 radical (unpaired) electrons. The van der Waals surface area contributed by atoms with Gasteiger partial charge in [0.2, 0.25) is 0 Å². The van der Waals surface area contributed by atoms with Crippen molar-refractivity contribution in [3.8, 4) is 44.5 Å². The monoisotopic (exact) mass is 684 g/mol. The molecule has 8 bridgehead atoms. The van der Waals surface area contributed by atoms with E-state index in [1.54, 1.807) is 6.08 Å². The van der Waals surface area contributed by atoms with Gasteiger partial charge in [-0.1, -0.05) is 121 Å². The number of hydrogen-bond donors (Lipinski definition) is 3. The molecule has 2 aliphatic rings. The quantitative estimate of drug-likeness (QED) is 0.152. The summed E-state index contributed by atoms with van der Waals surface area (Å²) in [6, 6.07) is 47.1. The zero-order chi connectivity index (χ0) is 35.7. The van der Waals surface area contributed by atoms with Crippen LogP contribution in [0.5, 0.6) is 0 Å². The van der Waals surface area contributed by atoms with E-state index in [0.717, 1.165) is 89.4 Å². The molecule has 5 heterocycles. The van der Waals surface area contributed by atoms with Gasteiger partial charge in [0, 0.05) is 50.4 Å². The molecule has 9 rings (SSSR count).